The number of hydrogen-bond donors (Lipinski definition) is 2. The van der Waals surface area contributed by atoms with Gasteiger partial charge in [-0.05, 0) is 70.1 Å². The maximum atomic E-state index is 13.2. The second-order valence-electron chi connectivity index (χ2n) is 12.5. The van der Waals surface area contributed by atoms with Crippen LogP contribution in [0.25, 0.3) is 0 Å². The Balaban J connectivity index is 3.02. The minimum atomic E-state index is -0.747. The first-order valence-electron chi connectivity index (χ1n) is 12.3. The molecule has 0 saturated heterocycles. The third kappa shape index (κ3) is 13.1. The van der Waals surface area contributed by atoms with Crippen molar-refractivity contribution in [2.75, 3.05) is 6.54 Å². The van der Waals surface area contributed by atoms with E-state index in [1.165, 1.54) is 0 Å². The average molecular weight is 491 g/mol. The van der Waals surface area contributed by atoms with Crippen molar-refractivity contribution < 1.29 is 19.1 Å². The Labute approximate surface area is 211 Å². The minimum absolute atomic E-state index is 0.0160. The molecule has 3 amide bonds. The highest BCUT2D eigenvalue weighted by Crippen LogP contribution is 2.22. The average Bonchev–Trinajstić information content (AvgIpc) is 2.64. The monoisotopic (exact) mass is 490 g/mol. The van der Waals surface area contributed by atoms with Crippen molar-refractivity contribution in [3.63, 3.8) is 0 Å². The fourth-order valence-electron chi connectivity index (χ4n) is 3.60. The van der Waals surface area contributed by atoms with E-state index in [-0.39, 0.29) is 23.1 Å². The van der Waals surface area contributed by atoms with Gasteiger partial charge >= 0.3 is 6.09 Å². The largest absolute Gasteiger partial charge is 0.444 e. The zero-order chi connectivity index (χ0) is 27.0. The summed E-state index contributed by atoms with van der Waals surface area (Å²) in [5.41, 5.74) is -0.597. The Morgan fingerprint density at radius 3 is 2.06 bits per heavy atom. The molecule has 8 heteroatoms. The summed E-state index contributed by atoms with van der Waals surface area (Å²) in [7, 11) is 0. The zero-order valence-electron chi connectivity index (χ0n) is 23.3. The van der Waals surface area contributed by atoms with Gasteiger partial charge in [0, 0.05) is 31.9 Å². The van der Waals surface area contributed by atoms with E-state index in [9.17, 15) is 14.4 Å². The number of aromatic nitrogens is 1. The molecule has 0 aliphatic rings. The molecule has 1 rings (SSSR count). The lowest BCUT2D eigenvalue weighted by molar-refractivity contribution is -0.136. The van der Waals surface area contributed by atoms with Crippen molar-refractivity contribution in [2.24, 2.45) is 11.3 Å². The molecule has 1 aromatic heterocycles. The molecule has 0 spiro atoms. The number of nitrogens with one attached hydrogen (secondary N) is 2. The number of ether oxygens (including phenoxy) is 1. The topological polar surface area (TPSA) is 101 Å². The predicted octanol–water partition coefficient (Wildman–Crippen LogP) is 4.68. The minimum Gasteiger partial charge on any atom is -0.444 e. The lowest BCUT2D eigenvalue weighted by Crippen LogP contribution is -2.58. The van der Waals surface area contributed by atoms with Crippen molar-refractivity contribution in [2.45, 2.75) is 106 Å². The molecule has 0 bridgehead atoms. The Bertz CT molecular complexity index is 839. The molecule has 0 fully saturated rings. The molecule has 0 radical (unpaired) electrons. The number of hydrogen-bond acceptors (Lipinski definition) is 5. The first kappa shape index (κ1) is 30.4. The summed E-state index contributed by atoms with van der Waals surface area (Å²) >= 11 is 0. The second-order valence-corrected chi connectivity index (χ2v) is 12.5. The van der Waals surface area contributed by atoms with E-state index in [1.807, 2.05) is 60.6 Å². The number of alkyl carbamates (subject to hydrolysis) is 1. The van der Waals surface area contributed by atoms with Gasteiger partial charge in [0.1, 0.15) is 11.6 Å². The molecule has 0 aliphatic carbocycles. The number of rotatable bonds is 10. The van der Waals surface area contributed by atoms with E-state index in [4.69, 9.17) is 4.74 Å². The van der Waals surface area contributed by atoms with Crippen LogP contribution in [0.5, 0.6) is 0 Å². The van der Waals surface area contributed by atoms with Crippen molar-refractivity contribution in [1.82, 2.24) is 20.5 Å². The molecule has 0 aliphatic heterocycles. The molecule has 8 nitrogen and oxygen atoms in total. The van der Waals surface area contributed by atoms with Crippen LogP contribution in [0.3, 0.4) is 0 Å². The van der Waals surface area contributed by atoms with Crippen LogP contribution in [0.1, 0.15) is 87.6 Å². The Morgan fingerprint density at radius 2 is 1.57 bits per heavy atom. The number of nitrogens with zero attached hydrogens (tertiary/aromatic N) is 2. The van der Waals surface area contributed by atoms with E-state index >= 15 is 0 Å². The number of amides is 3. The summed E-state index contributed by atoms with van der Waals surface area (Å²) in [6, 6.07) is 3.02. The zero-order valence-corrected chi connectivity index (χ0v) is 23.3. The van der Waals surface area contributed by atoms with Crippen molar-refractivity contribution >= 4 is 17.9 Å². The van der Waals surface area contributed by atoms with Crippen LogP contribution in [0, 0.1) is 11.3 Å². The van der Waals surface area contributed by atoms with Crippen LogP contribution >= 0.6 is 0 Å². The lowest BCUT2D eigenvalue weighted by Gasteiger charge is -2.36. The molecule has 0 saturated carbocycles. The predicted molar refractivity (Wildman–Crippen MR) is 139 cm³/mol. The molecule has 0 aromatic carbocycles. The van der Waals surface area contributed by atoms with Crippen molar-refractivity contribution in [1.29, 1.82) is 0 Å². The van der Waals surface area contributed by atoms with E-state index in [0.717, 1.165) is 5.56 Å². The molecule has 1 aromatic rings. The highest BCUT2D eigenvalue weighted by molar-refractivity contribution is 5.86. The fourth-order valence-corrected chi connectivity index (χ4v) is 3.60. The highest BCUT2D eigenvalue weighted by Gasteiger charge is 2.32. The first-order chi connectivity index (χ1) is 15.9. The quantitative estimate of drug-likeness (QED) is 0.496. The van der Waals surface area contributed by atoms with Gasteiger partial charge in [0.05, 0.1) is 5.54 Å². The van der Waals surface area contributed by atoms with Crippen LogP contribution in [0.2, 0.25) is 0 Å². The maximum Gasteiger partial charge on any atom is 0.408 e. The van der Waals surface area contributed by atoms with Gasteiger partial charge in [-0.15, -0.1) is 0 Å². The van der Waals surface area contributed by atoms with Gasteiger partial charge in [-0.25, -0.2) is 4.79 Å². The van der Waals surface area contributed by atoms with Crippen LogP contribution in [0.15, 0.2) is 24.5 Å². The summed E-state index contributed by atoms with van der Waals surface area (Å²) in [4.78, 5) is 44.6. The summed E-state index contributed by atoms with van der Waals surface area (Å²) in [5, 5.41) is 5.76. The summed E-state index contributed by atoms with van der Waals surface area (Å²) in [6.45, 7) is 19.9. The van der Waals surface area contributed by atoms with Gasteiger partial charge < -0.3 is 20.3 Å². The highest BCUT2D eigenvalue weighted by atomic mass is 16.6. The molecular weight excluding hydrogens is 444 g/mol. The molecule has 1 heterocycles. The lowest BCUT2D eigenvalue weighted by atomic mass is 9.91. The second kappa shape index (κ2) is 12.4. The Morgan fingerprint density at radius 1 is 1.00 bits per heavy atom. The van der Waals surface area contributed by atoms with Gasteiger partial charge in [-0.1, -0.05) is 34.6 Å². The van der Waals surface area contributed by atoms with E-state index in [2.05, 4.69) is 15.6 Å². The number of carbonyl (C=O) groups excluding carboxylic acids is 3. The van der Waals surface area contributed by atoms with Crippen LogP contribution in [-0.2, 0) is 20.9 Å². The smallest absolute Gasteiger partial charge is 0.408 e. The van der Waals surface area contributed by atoms with Gasteiger partial charge in [0.15, 0.2) is 0 Å². The maximum absolute atomic E-state index is 13.2. The van der Waals surface area contributed by atoms with Crippen LogP contribution in [-0.4, -0.2) is 51.5 Å². The van der Waals surface area contributed by atoms with E-state index < -0.39 is 23.3 Å². The molecule has 2 N–H and O–H groups in total. The van der Waals surface area contributed by atoms with Gasteiger partial charge in [-0.3, -0.25) is 14.6 Å². The molecular formula is C27H46N4O4. The molecule has 35 heavy (non-hydrogen) atoms. The fraction of sp³-hybridized carbons (Fsp3) is 0.704. The standard InChI is InChI=1S/C27H46N4O4/c1-19(2)15-21(29-24(34)35-26(6,7)8)23(33)30-27(9,10)18-31(22(32)16-25(3,4)5)17-20-11-13-28-14-12-20/h11-14,19,21H,15-18H2,1-10H3,(H,29,34)(H,30,33)/t21-/m0/s1. The molecule has 0 unspecified atom stereocenters. The third-order valence-electron chi connectivity index (χ3n) is 4.92. The van der Waals surface area contributed by atoms with Gasteiger partial charge in [0.25, 0.3) is 0 Å². The summed E-state index contributed by atoms with van der Waals surface area (Å²) in [6.07, 6.45) is 3.63. The van der Waals surface area contributed by atoms with Gasteiger partial charge in [-0.2, -0.15) is 0 Å². The Kier molecular flexibility index (Phi) is 10.7. The number of pyridine rings is 1. The van der Waals surface area contributed by atoms with Crippen LogP contribution < -0.4 is 10.6 Å². The van der Waals surface area contributed by atoms with Gasteiger partial charge in [0.2, 0.25) is 11.8 Å². The summed E-state index contributed by atoms with van der Waals surface area (Å²) in [5.74, 6) is -0.107. The van der Waals surface area contributed by atoms with E-state index in [0.29, 0.717) is 25.9 Å². The SMILES string of the molecule is CC(C)C[C@H](NC(=O)OC(C)(C)C)C(=O)NC(C)(C)CN(Cc1ccncc1)C(=O)CC(C)(C)C. The molecule has 198 valence electrons. The normalized spacial score (nSPS) is 13.2. The Hall–Kier alpha value is -2.64. The third-order valence-corrected chi connectivity index (χ3v) is 4.92. The van der Waals surface area contributed by atoms with Crippen LogP contribution in [0.4, 0.5) is 4.79 Å². The number of carbonyl (C=O) groups is 3. The molecule has 1 atom stereocenters. The van der Waals surface area contributed by atoms with Crippen molar-refractivity contribution in [3.05, 3.63) is 30.1 Å². The van der Waals surface area contributed by atoms with Crippen molar-refractivity contribution in [3.8, 4) is 0 Å². The summed E-state index contributed by atoms with van der Waals surface area (Å²) < 4.78 is 5.35. The first-order valence-corrected chi connectivity index (χ1v) is 12.3. The van der Waals surface area contributed by atoms with E-state index in [1.54, 1.807) is 38.1 Å².